The summed E-state index contributed by atoms with van der Waals surface area (Å²) in [4.78, 5) is 4.01. The molecule has 4 heteroatoms. The topological polar surface area (TPSA) is 30.7 Å². The Bertz CT molecular complexity index is 259. The molecule has 1 aromatic rings. The maximum absolute atomic E-state index is 5.43. The Morgan fingerprint density at radius 1 is 1.36 bits per heavy atom. The minimum atomic E-state index is -0.0330. The van der Waals surface area contributed by atoms with Crippen LogP contribution in [-0.4, -0.2) is 22.6 Å². The Kier molecular flexibility index (Phi) is 1.78. The highest BCUT2D eigenvalue weighted by Gasteiger charge is 2.16. The first-order valence-corrected chi connectivity index (χ1v) is 3.61. The van der Waals surface area contributed by atoms with Crippen molar-refractivity contribution in [3.8, 4) is 0 Å². The van der Waals surface area contributed by atoms with Crippen molar-refractivity contribution in [2.24, 2.45) is 0 Å². The largest absolute Gasteiger partial charge is 0.246 e. The molecule has 0 atom stereocenters. The molecule has 0 N–H and O–H groups in total. The summed E-state index contributed by atoms with van der Waals surface area (Å²) in [5, 5.41) is 4.06. The smallest absolute Gasteiger partial charge is 0.173 e. The molecule has 2 radical (unpaired) electrons. The van der Waals surface area contributed by atoms with Gasteiger partial charge in [0.1, 0.15) is 5.82 Å². The molecule has 0 saturated heterocycles. The van der Waals surface area contributed by atoms with Crippen molar-refractivity contribution in [1.82, 2.24) is 14.8 Å². The number of aromatic nitrogens is 3. The molecule has 58 valence electrons. The molecule has 1 rings (SSSR count). The van der Waals surface area contributed by atoms with Crippen LogP contribution in [0.1, 0.15) is 26.6 Å². The molecule has 0 bridgehead atoms. The number of rotatable bonds is 0. The van der Waals surface area contributed by atoms with Gasteiger partial charge in [-0.1, -0.05) is 0 Å². The Labute approximate surface area is 68.2 Å². The fourth-order valence-electron chi connectivity index (χ4n) is 1.05. The predicted octanol–water partition coefficient (Wildman–Crippen LogP) is 0.135. The van der Waals surface area contributed by atoms with Crippen molar-refractivity contribution in [2.45, 2.75) is 33.2 Å². The van der Waals surface area contributed by atoms with E-state index in [1.165, 1.54) is 0 Å². The van der Waals surface area contributed by atoms with Crippen molar-refractivity contribution < 1.29 is 0 Å². The number of nitrogens with zero attached hydrogens (tertiary/aromatic N) is 3. The van der Waals surface area contributed by atoms with Crippen LogP contribution in [-0.2, 0) is 5.54 Å². The van der Waals surface area contributed by atoms with Crippen LogP contribution in [0.2, 0.25) is 0 Å². The maximum Gasteiger partial charge on any atom is 0.173 e. The van der Waals surface area contributed by atoms with E-state index in [1.807, 2.05) is 11.6 Å². The quantitative estimate of drug-likeness (QED) is 0.491. The first-order chi connectivity index (χ1) is 4.91. The van der Waals surface area contributed by atoms with Crippen LogP contribution < -0.4 is 5.72 Å². The van der Waals surface area contributed by atoms with E-state index in [1.54, 1.807) is 0 Å². The second-order valence-corrected chi connectivity index (χ2v) is 3.60. The van der Waals surface area contributed by atoms with Gasteiger partial charge in [-0.2, -0.15) is 5.10 Å². The van der Waals surface area contributed by atoms with E-state index >= 15 is 0 Å². The number of hydrogen-bond donors (Lipinski definition) is 0. The average Bonchev–Trinajstić information content (AvgIpc) is 2.08. The molecule has 0 amide bonds. The highest BCUT2D eigenvalue weighted by Crippen LogP contribution is 2.11. The summed E-state index contributed by atoms with van der Waals surface area (Å²) in [5.41, 5.74) is 0.312. The maximum atomic E-state index is 5.43. The SMILES string of the molecule is [B]c1nc(C)n(C(C)(C)C)n1. The predicted molar refractivity (Wildman–Crippen MR) is 45.1 cm³/mol. The van der Waals surface area contributed by atoms with Gasteiger partial charge in [0, 0.05) is 0 Å². The van der Waals surface area contributed by atoms with Crippen LogP contribution in [0.5, 0.6) is 0 Å². The van der Waals surface area contributed by atoms with Crippen LogP contribution in [0.4, 0.5) is 0 Å². The molecule has 0 aliphatic rings. The molecule has 0 saturated carbocycles. The van der Waals surface area contributed by atoms with Gasteiger partial charge in [-0.15, -0.1) is 0 Å². The summed E-state index contributed by atoms with van der Waals surface area (Å²) in [6, 6.07) is 0. The van der Waals surface area contributed by atoms with E-state index in [0.29, 0.717) is 5.72 Å². The molecule has 0 fully saturated rings. The van der Waals surface area contributed by atoms with E-state index in [4.69, 9.17) is 7.85 Å². The lowest BCUT2D eigenvalue weighted by atomic mass is 10.1. The Hall–Kier alpha value is -0.795. The highest BCUT2D eigenvalue weighted by molar-refractivity contribution is 6.28. The molecular formula is C7H12BN3. The summed E-state index contributed by atoms with van der Waals surface area (Å²) in [5.74, 6) is 0.856. The van der Waals surface area contributed by atoms with Crippen LogP contribution in [0, 0.1) is 6.92 Å². The highest BCUT2D eigenvalue weighted by atomic mass is 15.4. The number of hydrogen-bond acceptors (Lipinski definition) is 2. The van der Waals surface area contributed by atoms with Gasteiger partial charge in [0.05, 0.1) is 11.3 Å². The molecule has 0 aromatic carbocycles. The Morgan fingerprint density at radius 3 is 2.09 bits per heavy atom. The Morgan fingerprint density at radius 2 is 1.91 bits per heavy atom. The summed E-state index contributed by atoms with van der Waals surface area (Å²) in [6.45, 7) is 8.09. The lowest BCUT2D eigenvalue weighted by Crippen LogP contribution is -2.25. The fraction of sp³-hybridized carbons (Fsp3) is 0.714. The van der Waals surface area contributed by atoms with Gasteiger partial charge in [0.15, 0.2) is 7.85 Å². The fourth-order valence-corrected chi connectivity index (χ4v) is 1.05. The van der Waals surface area contributed by atoms with E-state index in [0.717, 1.165) is 5.82 Å². The van der Waals surface area contributed by atoms with Crippen LogP contribution >= 0.6 is 0 Å². The van der Waals surface area contributed by atoms with E-state index in [9.17, 15) is 0 Å². The normalized spacial score (nSPS) is 12.0. The summed E-state index contributed by atoms with van der Waals surface area (Å²) in [7, 11) is 5.43. The van der Waals surface area contributed by atoms with E-state index in [-0.39, 0.29) is 5.54 Å². The van der Waals surface area contributed by atoms with Crippen molar-refractivity contribution in [3.05, 3.63) is 5.82 Å². The van der Waals surface area contributed by atoms with Gasteiger partial charge in [-0.25, -0.2) is 9.67 Å². The number of aryl methyl sites for hydroxylation is 1. The lowest BCUT2D eigenvalue weighted by molar-refractivity contribution is 0.347. The van der Waals surface area contributed by atoms with Gasteiger partial charge in [-0.3, -0.25) is 0 Å². The van der Waals surface area contributed by atoms with Gasteiger partial charge in [0.2, 0.25) is 0 Å². The van der Waals surface area contributed by atoms with Gasteiger partial charge >= 0.3 is 0 Å². The van der Waals surface area contributed by atoms with Gasteiger partial charge in [-0.05, 0) is 27.7 Å². The first-order valence-electron chi connectivity index (χ1n) is 3.61. The van der Waals surface area contributed by atoms with Crippen LogP contribution in [0.25, 0.3) is 0 Å². The third-order valence-electron chi connectivity index (χ3n) is 1.42. The lowest BCUT2D eigenvalue weighted by Gasteiger charge is -2.19. The average molecular weight is 149 g/mol. The zero-order valence-corrected chi connectivity index (χ0v) is 7.42. The molecule has 0 spiro atoms. The van der Waals surface area contributed by atoms with E-state index < -0.39 is 0 Å². The minimum absolute atomic E-state index is 0.0330. The molecule has 0 aliphatic carbocycles. The summed E-state index contributed by atoms with van der Waals surface area (Å²) >= 11 is 0. The molecule has 1 aromatic heterocycles. The monoisotopic (exact) mass is 149 g/mol. The third kappa shape index (κ3) is 1.61. The standard InChI is InChI=1S/C7H12BN3/c1-5-9-6(8)10-11(5)7(2,3)4/h1-4H3. The van der Waals surface area contributed by atoms with Crippen LogP contribution in [0.15, 0.2) is 0 Å². The molecule has 11 heavy (non-hydrogen) atoms. The second-order valence-electron chi connectivity index (χ2n) is 3.60. The van der Waals surface area contributed by atoms with Crippen LogP contribution in [0.3, 0.4) is 0 Å². The summed E-state index contributed by atoms with van der Waals surface area (Å²) in [6.07, 6.45) is 0. The second kappa shape index (κ2) is 2.36. The Balaban J connectivity index is 3.13. The van der Waals surface area contributed by atoms with Crippen molar-refractivity contribution >= 4 is 13.6 Å². The third-order valence-corrected chi connectivity index (χ3v) is 1.42. The zero-order valence-electron chi connectivity index (χ0n) is 7.42. The molecule has 0 aliphatic heterocycles. The molecular weight excluding hydrogens is 137 g/mol. The first kappa shape index (κ1) is 8.30. The minimum Gasteiger partial charge on any atom is -0.246 e. The zero-order chi connectivity index (χ0) is 8.65. The van der Waals surface area contributed by atoms with Gasteiger partial charge in [0.25, 0.3) is 0 Å². The van der Waals surface area contributed by atoms with Crippen molar-refractivity contribution in [1.29, 1.82) is 0 Å². The summed E-state index contributed by atoms with van der Waals surface area (Å²) < 4.78 is 1.82. The van der Waals surface area contributed by atoms with E-state index in [2.05, 4.69) is 30.9 Å². The molecule has 1 heterocycles. The van der Waals surface area contributed by atoms with Crippen molar-refractivity contribution in [2.75, 3.05) is 0 Å². The van der Waals surface area contributed by atoms with Gasteiger partial charge < -0.3 is 0 Å². The molecule has 3 nitrogen and oxygen atoms in total. The molecule has 0 unspecified atom stereocenters. The van der Waals surface area contributed by atoms with Crippen molar-refractivity contribution in [3.63, 3.8) is 0 Å².